The highest BCUT2D eigenvalue weighted by molar-refractivity contribution is 9.09. The highest BCUT2D eigenvalue weighted by Crippen LogP contribution is 2.27. The van der Waals surface area contributed by atoms with Crippen molar-refractivity contribution in [3.8, 4) is 0 Å². The molecule has 2 heterocycles. The molecule has 18 heavy (non-hydrogen) atoms. The van der Waals surface area contributed by atoms with Crippen molar-refractivity contribution in [1.82, 2.24) is 4.98 Å². The molecule has 0 aromatic carbocycles. The van der Waals surface area contributed by atoms with Gasteiger partial charge in [-0.15, -0.1) is 0 Å². The predicted octanol–water partition coefficient (Wildman–Crippen LogP) is 2.10. The number of nitrogens with zero attached hydrogens (tertiary/aromatic N) is 2. The van der Waals surface area contributed by atoms with Crippen molar-refractivity contribution >= 4 is 31.6 Å². The zero-order valence-corrected chi connectivity index (χ0v) is 12.7. The summed E-state index contributed by atoms with van der Waals surface area (Å²) in [6, 6.07) is 3.30. The molecule has 100 valence electrons. The number of piperidine rings is 1. The molecule has 1 aromatic rings. The first-order valence-corrected chi connectivity index (χ1v) is 8.99. The minimum Gasteiger partial charge on any atom is -0.356 e. The molecular formula is C12H17BrN2O2S. The Morgan fingerprint density at radius 3 is 2.67 bits per heavy atom. The average molecular weight is 333 g/mol. The molecule has 6 heteroatoms. The molecule has 4 nitrogen and oxygen atoms in total. The number of halogens is 1. The lowest BCUT2D eigenvalue weighted by molar-refractivity contribution is 0.443. The van der Waals surface area contributed by atoms with Gasteiger partial charge in [-0.1, -0.05) is 15.9 Å². The first-order valence-electron chi connectivity index (χ1n) is 5.98. The van der Waals surface area contributed by atoms with Gasteiger partial charge in [-0.2, -0.15) is 0 Å². The summed E-state index contributed by atoms with van der Waals surface area (Å²) in [4.78, 5) is 6.67. The molecule has 1 fully saturated rings. The van der Waals surface area contributed by atoms with Crippen LogP contribution in [-0.4, -0.2) is 38.1 Å². The van der Waals surface area contributed by atoms with E-state index in [1.54, 1.807) is 18.3 Å². The van der Waals surface area contributed by atoms with Crippen LogP contribution in [0.15, 0.2) is 23.2 Å². The third-order valence-corrected chi connectivity index (χ3v) is 5.32. The summed E-state index contributed by atoms with van der Waals surface area (Å²) >= 11 is 3.50. The maximum absolute atomic E-state index is 11.7. The third kappa shape index (κ3) is 3.03. The first kappa shape index (κ1) is 13.8. The quantitative estimate of drug-likeness (QED) is 0.795. The van der Waals surface area contributed by atoms with Crippen LogP contribution >= 0.6 is 15.9 Å². The molecule has 0 amide bonds. The minimum absolute atomic E-state index is 0.335. The largest absolute Gasteiger partial charge is 0.356 e. The molecule has 0 N–H and O–H groups in total. The normalized spacial score (nSPS) is 18.0. The van der Waals surface area contributed by atoms with Gasteiger partial charge in [0.05, 0.1) is 0 Å². The van der Waals surface area contributed by atoms with Crippen LogP contribution in [0.1, 0.15) is 12.8 Å². The SMILES string of the molecule is CS(=O)(=O)c1cccnc1N1CCC(CBr)CC1. The van der Waals surface area contributed by atoms with Crippen LogP contribution in [0, 0.1) is 5.92 Å². The Bertz CT molecular complexity index is 511. The molecule has 0 aliphatic carbocycles. The van der Waals surface area contributed by atoms with E-state index in [0.29, 0.717) is 16.6 Å². The number of alkyl halides is 1. The number of pyridine rings is 1. The Hall–Kier alpha value is -0.620. The van der Waals surface area contributed by atoms with Gasteiger partial charge < -0.3 is 4.90 Å². The van der Waals surface area contributed by atoms with E-state index in [1.807, 2.05) is 0 Å². The fourth-order valence-electron chi connectivity index (χ4n) is 2.21. The molecule has 0 spiro atoms. The number of rotatable bonds is 3. The van der Waals surface area contributed by atoms with Crippen molar-refractivity contribution in [2.75, 3.05) is 29.6 Å². The van der Waals surface area contributed by atoms with Crippen molar-refractivity contribution in [3.05, 3.63) is 18.3 Å². The Kier molecular flexibility index (Phi) is 4.27. The molecule has 2 rings (SSSR count). The summed E-state index contributed by atoms with van der Waals surface area (Å²) in [7, 11) is -3.22. The van der Waals surface area contributed by atoms with Crippen molar-refractivity contribution in [1.29, 1.82) is 0 Å². The summed E-state index contributed by atoms with van der Waals surface area (Å²) in [5.41, 5.74) is 0. The number of anilines is 1. The molecule has 1 aromatic heterocycles. The standard InChI is InChI=1S/C12H17BrN2O2S/c1-18(16,17)11-3-2-6-14-12(11)15-7-4-10(9-13)5-8-15/h2-3,6,10H,4-5,7-9H2,1H3. The lowest BCUT2D eigenvalue weighted by Gasteiger charge is -2.32. The molecule has 0 bridgehead atoms. The van der Waals surface area contributed by atoms with Gasteiger partial charge in [-0.25, -0.2) is 13.4 Å². The van der Waals surface area contributed by atoms with Gasteiger partial charge in [-0.3, -0.25) is 0 Å². The van der Waals surface area contributed by atoms with Crippen LogP contribution in [0.3, 0.4) is 0 Å². The molecule has 0 atom stereocenters. The lowest BCUT2D eigenvalue weighted by atomic mass is 9.99. The Morgan fingerprint density at radius 1 is 1.44 bits per heavy atom. The maximum atomic E-state index is 11.7. The van der Waals surface area contributed by atoms with Gasteiger partial charge in [0.2, 0.25) is 0 Å². The average Bonchev–Trinajstić information content (AvgIpc) is 2.38. The number of hydrogen-bond donors (Lipinski definition) is 0. The molecular weight excluding hydrogens is 316 g/mol. The summed E-state index contributed by atoms with van der Waals surface area (Å²) in [6.45, 7) is 1.74. The predicted molar refractivity (Wildman–Crippen MR) is 76.1 cm³/mol. The second-order valence-electron chi connectivity index (χ2n) is 4.68. The first-order chi connectivity index (χ1) is 8.52. The van der Waals surface area contributed by atoms with Crippen molar-refractivity contribution < 1.29 is 8.42 Å². The third-order valence-electron chi connectivity index (χ3n) is 3.28. The molecule has 1 aliphatic rings. The zero-order chi connectivity index (χ0) is 13.2. The monoisotopic (exact) mass is 332 g/mol. The molecule has 0 radical (unpaired) electrons. The second kappa shape index (κ2) is 5.57. The topological polar surface area (TPSA) is 50.3 Å². The lowest BCUT2D eigenvalue weighted by Crippen LogP contribution is -2.35. The summed E-state index contributed by atoms with van der Waals surface area (Å²) in [5, 5.41) is 1.02. The summed E-state index contributed by atoms with van der Waals surface area (Å²) in [5.74, 6) is 1.29. The van der Waals surface area contributed by atoms with Crippen LogP contribution in [0.2, 0.25) is 0 Å². The summed E-state index contributed by atoms with van der Waals surface area (Å²) in [6.07, 6.45) is 5.04. The fraction of sp³-hybridized carbons (Fsp3) is 0.583. The Morgan fingerprint density at radius 2 is 2.11 bits per heavy atom. The van der Waals surface area contributed by atoms with Crippen LogP contribution in [0.4, 0.5) is 5.82 Å². The van der Waals surface area contributed by atoms with Crippen LogP contribution in [0.5, 0.6) is 0 Å². The highest BCUT2D eigenvalue weighted by atomic mass is 79.9. The van der Waals surface area contributed by atoms with E-state index < -0.39 is 9.84 Å². The van der Waals surface area contributed by atoms with Gasteiger partial charge in [0.25, 0.3) is 0 Å². The van der Waals surface area contributed by atoms with Crippen LogP contribution < -0.4 is 4.90 Å². The van der Waals surface area contributed by atoms with Crippen LogP contribution in [0.25, 0.3) is 0 Å². The van der Waals surface area contributed by atoms with E-state index in [4.69, 9.17) is 0 Å². The molecule has 1 saturated heterocycles. The minimum atomic E-state index is -3.22. The molecule has 0 unspecified atom stereocenters. The van der Waals surface area contributed by atoms with Gasteiger partial charge in [-0.05, 0) is 30.9 Å². The Labute approximate surface area is 116 Å². The Balaban J connectivity index is 2.25. The van der Waals surface area contributed by atoms with Gasteiger partial charge in [0.1, 0.15) is 10.7 Å². The van der Waals surface area contributed by atoms with Gasteiger partial charge in [0, 0.05) is 30.9 Å². The number of sulfone groups is 1. The van der Waals surface area contributed by atoms with E-state index in [1.165, 1.54) is 6.26 Å². The van der Waals surface area contributed by atoms with Gasteiger partial charge in [0.15, 0.2) is 9.84 Å². The smallest absolute Gasteiger partial charge is 0.179 e. The summed E-state index contributed by atoms with van der Waals surface area (Å²) < 4.78 is 23.5. The molecule has 0 saturated carbocycles. The van der Waals surface area contributed by atoms with Crippen molar-refractivity contribution in [2.24, 2.45) is 5.92 Å². The fourth-order valence-corrected chi connectivity index (χ4v) is 3.69. The van der Waals surface area contributed by atoms with Crippen LogP contribution in [-0.2, 0) is 9.84 Å². The van der Waals surface area contributed by atoms with E-state index in [9.17, 15) is 8.42 Å². The molecule has 1 aliphatic heterocycles. The second-order valence-corrected chi connectivity index (χ2v) is 7.31. The van der Waals surface area contributed by atoms with E-state index in [2.05, 4.69) is 25.8 Å². The van der Waals surface area contributed by atoms with E-state index >= 15 is 0 Å². The van der Waals surface area contributed by atoms with Crippen molar-refractivity contribution in [3.63, 3.8) is 0 Å². The number of hydrogen-bond acceptors (Lipinski definition) is 4. The zero-order valence-electron chi connectivity index (χ0n) is 10.3. The highest BCUT2D eigenvalue weighted by Gasteiger charge is 2.23. The van der Waals surface area contributed by atoms with Crippen molar-refractivity contribution in [2.45, 2.75) is 17.7 Å². The van der Waals surface area contributed by atoms with E-state index in [0.717, 1.165) is 31.3 Å². The van der Waals surface area contributed by atoms with Gasteiger partial charge >= 0.3 is 0 Å². The maximum Gasteiger partial charge on any atom is 0.179 e. The number of aromatic nitrogens is 1. The van der Waals surface area contributed by atoms with E-state index in [-0.39, 0.29) is 0 Å².